The maximum atomic E-state index is 12.1. The number of carbonyl (C=O) groups is 1. The Morgan fingerprint density at radius 1 is 1.00 bits per heavy atom. The van der Waals surface area contributed by atoms with Crippen LogP contribution in [0.1, 0.15) is 18.1 Å². The monoisotopic (exact) mass is 380 g/mol. The SMILES string of the molecule is C/C(=N\NC(=O)Cc1ccc(Br)cc1)c1cccc2ccccc12. The Hall–Kier alpha value is -2.46. The number of hydrogen-bond acceptors (Lipinski definition) is 2. The molecule has 0 spiro atoms. The molecule has 3 aromatic rings. The normalized spacial score (nSPS) is 11.5. The van der Waals surface area contributed by atoms with Gasteiger partial charge in [0, 0.05) is 10.0 Å². The molecule has 0 aliphatic carbocycles. The number of rotatable bonds is 4. The zero-order chi connectivity index (χ0) is 16.9. The van der Waals surface area contributed by atoms with E-state index in [0.29, 0.717) is 6.42 Å². The highest BCUT2D eigenvalue weighted by molar-refractivity contribution is 9.10. The van der Waals surface area contributed by atoms with Gasteiger partial charge < -0.3 is 0 Å². The Kier molecular flexibility index (Phi) is 5.06. The zero-order valence-corrected chi connectivity index (χ0v) is 14.9. The van der Waals surface area contributed by atoms with E-state index in [1.165, 1.54) is 0 Å². The van der Waals surface area contributed by atoms with E-state index in [9.17, 15) is 4.79 Å². The molecule has 0 fully saturated rings. The number of amides is 1. The lowest BCUT2D eigenvalue weighted by atomic mass is 10.0. The molecule has 3 nitrogen and oxygen atoms in total. The number of nitrogens with zero attached hydrogens (tertiary/aromatic N) is 1. The topological polar surface area (TPSA) is 41.5 Å². The lowest BCUT2D eigenvalue weighted by Crippen LogP contribution is -2.21. The van der Waals surface area contributed by atoms with Gasteiger partial charge in [0.2, 0.25) is 5.91 Å². The lowest BCUT2D eigenvalue weighted by molar-refractivity contribution is -0.120. The van der Waals surface area contributed by atoms with Crippen LogP contribution in [0.4, 0.5) is 0 Å². The molecule has 24 heavy (non-hydrogen) atoms. The van der Waals surface area contributed by atoms with Gasteiger partial charge in [0.05, 0.1) is 12.1 Å². The molecule has 3 rings (SSSR count). The first-order valence-corrected chi connectivity index (χ1v) is 8.48. The second-order valence-electron chi connectivity index (χ2n) is 5.56. The van der Waals surface area contributed by atoms with Crippen LogP contribution in [0.5, 0.6) is 0 Å². The van der Waals surface area contributed by atoms with E-state index in [-0.39, 0.29) is 5.91 Å². The molecule has 0 bridgehead atoms. The van der Waals surface area contributed by atoms with Crippen molar-refractivity contribution in [2.24, 2.45) is 5.10 Å². The Labute approximate surface area is 149 Å². The number of nitrogens with one attached hydrogen (secondary N) is 1. The molecule has 0 aromatic heterocycles. The van der Waals surface area contributed by atoms with Crippen LogP contribution < -0.4 is 5.43 Å². The minimum Gasteiger partial charge on any atom is -0.273 e. The molecule has 1 N–H and O–H groups in total. The standard InChI is InChI=1S/C20H17BrN2O/c1-14(18-8-4-6-16-5-2-3-7-19(16)18)22-23-20(24)13-15-9-11-17(21)12-10-15/h2-12H,13H2,1H3,(H,23,24)/b22-14+. The average molecular weight is 381 g/mol. The molecule has 0 heterocycles. The van der Waals surface area contributed by atoms with Crippen LogP contribution in [0, 0.1) is 0 Å². The first-order valence-electron chi connectivity index (χ1n) is 7.69. The summed E-state index contributed by atoms with van der Waals surface area (Å²) in [6, 6.07) is 21.9. The molecule has 0 aliphatic rings. The van der Waals surface area contributed by atoms with Crippen LogP contribution >= 0.6 is 15.9 Å². The van der Waals surface area contributed by atoms with Crippen molar-refractivity contribution in [2.45, 2.75) is 13.3 Å². The van der Waals surface area contributed by atoms with E-state index in [1.807, 2.05) is 55.5 Å². The summed E-state index contributed by atoms with van der Waals surface area (Å²) < 4.78 is 0.997. The maximum absolute atomic E-state index is 12.1. The predicted octanol–water partition coefficient (Wildman–Crippen LogP) is 4.69. The largest absolute Gasteiger partial charge is 0.273 e. The third-order valence-corrected chi connectivity index (χ3v) is 4.33. The van der Waals surface area contributed by atoms with E-state index in [0.717, 1.165) is 32.1 Å². The summed E-state index contributed by atoms with van der Waals surface area (Å²) >= 11 is 3.38. The molecule has 0 unspecified atom stereocenters. The third kappa shape index (κ3) is 3.89. The molecule has 4 heteroatoms. The Bertz CT molecular complexity index is 896. The minimum absolute atomic E-state index is 0.128. The van der Waals surface area contributed by atoms with Gasteiger partial charge in [0.1, 0.15) is 0 Å². The maximum Gasteiger partial charge on any atom is 0.244 e. The number of halogens is 1. The Morgan fingerprint density at radius 3 is 2.50 bits per heavy atom. The van der Waals surface area contributed by atoms with Crippen molar-refractivity contribution >= 4 is 38.3 Å². The van der Waals surface area contributed by atoms with Crippen LogP contribution in [-0.2, 0) is 11.2 Å². The van der Waals surface area contributed by atoms with Crippen LogP contribution in [0.25, 0.3) is 10.8 Å². The van der Waals surface area contributed by atoms with Crippen LogP contribution in [0.3, 0.4) is 0 Å². The van der Waals surface area contributed by atoms with Crippen LogP contribution in [0.15, 0.2) is 76.3 Å². The van der Waals surface area contributed by atoms with E-state index in [2.05, 4.69) is 44.7 Å². The fourth-order valence-electron chi connectivity index (χ4n) is 2.57. The van der Waals surface area contributed by atoms with Gasteiger partial charge in [-0.2, -0.15) is 5.10 Å². The molecule has 0 saturated carbocycles. The first-order chi connectivity index (χ1) is 11.6. The van der Waals surface area contributed by atoms with Crippen LogP contribution in [0.2, 0.25) is 0 Å². The lowest BCUT2D eigenvalue weighted by Gasteiger charge is -2.07. The van der Waals surface area contributed by atoms with Crippen molar-refractivity contribution in [1.29, 1.82) is 0 Å². The van der Waals surface area contributed by atoms with Gasteiger partial charge in [0.15, 0.2) is 0 Å². The highest BCUT2D eigenvalue weighted by Gasteiger charge is 2.06. The molecule has 120 valence electrons. The van der Waals surface area contributed by atoms with Crippen molar-refractivity contribution in [3.05, 3.63) is 82.3 Å². The van der Waals surface area contributed by atoms with Gasteiger partial charge in [-0.15, -0.1) is 0 Å². The second kappa shape index (κ2) is 7.41. The van der Waals surface area contributed by atoms with Crippen molar-refractivity contribution in [3.63, 3.8) is 0 Å². The fraction of sp³-hybridized carbons (Fsp3) is 0.100. The predicted molar refractivity (Wildman–Crippen MR) is 102 cm³/mol. The third-order valence-electron chi connectivity index (χ3n) is 3.81. The van der Waals surface area contributed by atoms with Gasteiger partial charge in [-0.1, -0.05) is 70.5 Å². The van der Waals surface area contributed by atoms with E-state index >= 15 is 0 Å². The minimum atomic E-state index is -0.128. The second-order valence-corrected chi connectivity index (χ2v) is 6.48. The molecule has 0 saturated heterocycles. The smallest absolute Gasteiger partial charge is 0.244 e. The summed E-state index contributed by atoms with van der Waals surface area (Å²) in [5, 5.41) is 6.55. The molecule has 0 aliphatic heterocycles. The molecule has 3 aromatic carbocycles. The van der Waals surface area contributed by atoms with E-state index < -0.39 is 0 Å². The molecular formula is C20H17BrN2O. The zero-order valence-electron chi connectivity index (χ0n) is 13.3. The summed E-state index contributed by atoms with van der Waals surface area (Å²) in [5.74, 6) is -0.128. The summed E-state index contributed by atoms with van der Waals surface area (Å²) in [7, 11) is 0. The van der Waals surface area contributed by atoms with Crippen molar-refractivity contribution in [2.75, 3.05) is 0 Å². The number of hydrogen-bond donors (Lipinski definition) is 1. The molecule has 1 amide bonds. The molecule has 0 atom stereocenters. The highest BCUT2D eigenvalue weighted by Crippen LogP contribution is 2.19. The molecule has 0 radical (unpaired) electrons. The highest BCUT2D eigenvalue weighted by atomic mass is 79.9. The van der Waals surface area contributed by atoms with Crippen LogP contribution in [-0.4, -0.2) is 11.6 Å². The average Bonchev–Trinajstić information content (AvgIpc) is 2.61. The summed E-state index contributed by atoms with van der Waals surface area (Å²) in [6.45, 7) is 1.90. The van der Waals surface area contributed by atoms with Gasteiger partial charge in [-0.25, -0.2) is 5.43 Å². The Balaban J connectivity index is 1.73. The number of benzene rings is 3. The first kappa shape index (κ1) is 16.4. The summed E-state index contributed by atoms with van der Waals surface area (Å²) in [6.07, 6.45) is 0.305. The van der Waals surface area contributed by atoms with Gasteiger partial charge >= 0.3 is 0 Å². The van der Waals surface area contributed by atoms with Gasteiger partial charge in [-0.3, -0.25) is 4.79 Å². The number of hydrazone groups is 1. The van der Waals surface area contributed by atoms with Gasteiger partial charge in [0.25, 0.3) is 0 Å². The van der Waals surface area contributed by atoms with Gasteiger partial charge in [-0.05, 0) is 35.4 Å². The van der Waals surface area contributed by atoms with Crippen molar-refractivity contribution in [1.82, 2.24) is 5.43 Å². The van der Waals surface area contributed by atoms with E-state index in [4.69, 9.17) is 0 Å². The Morgan fingerprint density at radius 2 is 1.71 bits per heavy atom. The van der Waals surface area contributed by atoms with Crippen molar-refractivity contribution < 1.29 is 4.79 Å². The summed E-state index contributed by atoms with van der Waals surface area (Å²) in [5.41, 5.74) is 5.41. The number of fused-ring (bicyclic) bond motifs is 1. The fourth-order valence-corrected chi connectivity index (χ4v) is 2.84. The number of carbonyl (C=O) groups excluding carboxylic acids is 1. The molecular weight excluding hydrogens is 364 g/mol. The van der Waals surface area contributed by atoms with Crippen molar-refractivity contribution in [3.8, 4) is 0 Å². The quantitative estimate of drug-likeness (QED) is 0.517. The summed E-state index contributed by atoms with van der Waals surface area (Å²) in [4.78, 5) is 12.1. The van der Waals surface area contributed by atoms with E-state index in [1.54, 1.807) is 0 Å².